The lowest BCUT2D eigenvalue weighted by Gasteiger charge is -1.97. The second-order valence-electron chi connectivity index (χ2n) is 0.746. The Kier molecular flexibility index (Phi) is 4.19. The molecule has 0 spiro atoms. The van der Waals surface area contributed by atoms with Gasteiger partial charge < -0.3 is 8.85 Å². The fourth-order valence-electron chi connectivity index (χ4n) is 0.0962. The maximum Gasteiger partial charge on any atom is 0.397 e. The van der Waals surface area contributed by atoms with Crippen molar-refractivity contribution in [1.82, 2.24) is 0 Å². The van der Waals surface area contributed by atoms with Gasteiger partial charge in [-0.05, 0) is 0 Å². The van der Waals surface area contributed by atoms with Gasteiger partial charge in [0, 0.05) is 14.2 Å². The summed E-state index contributed by atoms with van der Waals surface area (Å²) in [6.07, 6.45) is 0. The lowest BCUT2D eigenvalue weighted by atomic mass is 11.8. The summed E-state index contributed by atoms with van der Waals surface area (Å²) in [6, 6.07) is 0. The molecule has 0 fully saturated rings. The summed E-state index contributed by atoms with van der Waals surface area (Å²) in [5.41, 5.74) is 0. The van der Waals surface area contributed by atoms with Gasteiger partial charge in [-0.2, -0.15) is 0 Å². The van der Waals surface area contributed by atoms with Gasteiger partial charge in [-0.3, -0.25) is 0 Å². The minimum absolute atomic E-state index is 1.35. The zero-order valence-electron chi connectivity index (χ0n) is 3.77. The van der Waals surface area contributed by atoms with Crippen molar-refractivity contribution in [2.75, 3.05) is 14.2 Å². The van der Waals surface area contributed by atoms with Crippen LogP contribution in [0.25, 0.3) is 0 Å². The van der Waals surface area contributed by atoms with Gasteiger partial charge in [0.05, 0.1) is 0 Å². The van der Waals surface area contributed by atoms with Crippen molar-refractivity contribution in [2.45, 2.75) is 0 Å². The average molecular weight is 171 g/mol. The molecule has 0 heterocycles. The van der Waals surface area contributed by atoms with Gasteiger partial charge in [0.1, 0.15) is 0 Å². The molecule has 0 saturated carbocycles. The molecule has 4 heteroatoms. The van der Waals surface area contributed by atoms with E-state index in [4.69, 9.17) is 8.85 Å². The van der Waals surface area contributed by atoms with E-state index in [-0.39, 0.29) is 0 Å². The quantitative estimate of drug-likeness (QED) is 0.442. The normalized spacial score (nSPS) is 10.0. The molecular weight excluding hydrogens is 164 g/mol. The van der Waals surface area contributed by atoms with E-state index >= 15 is 0 Å². The molecule has 0 rings (SSSR count). The predicted octanol–water partition coefficient (Wildman–Crippen LogP) is 0.391. The van der Waals surface area contributed by atoms with E-state index in [0.29, 0.717) is 0 Å². The van der Waals surface area contributed by atoms with Crippen LogP contribution in [0.3, 0.4) is 0 Å². The molecule has 0 aliphatic heterocycles. The van der Waals surface area contributed by atoms with Crippen LogP contribution in [-0.2, 0) is 8.85 Å². The highest BCUT2D eigenvalue weighted by atomic mass is 79.9. The van der Waals surface area contributed by atoms with E-state index in [2.05, 4.69) is 15.3 Å². The molecule has 0 bridgehead atoms. The largest absolute Gasteiger partial charge is 0.397 e. The first-order valence-corrected chi connectivity index (χ1v) is 5.63. The molecule has 0 aromatic heterocycles. The van der Waals surface area contributed by atoms with Crippen LogP contribution in [0.1, 0.15) is 0 Å². The summed E-state index contributed by atoms with van der Waals surface area (Å²) < 4.78 is 9.47. The first kappa shape index (κ1) is 6.62. The number of halogens is 1. The van der Waals surface area contributed by atoms with Crippen LogP contribution < -0.4 is 0 Å². The predicted molar refractivity (Wildman–Crippen MR) is 30.1 cm³/mol. The summed E-state index contributed by atoms with van der Waals surface area (Å²) in [7, 11) is 1.89. The standard InChI is InChI=1S/C2H7BrO2Si/c1-4-6(3)5-2/h6H,1-2H3. The molecule has 0 unspecified atom stereocenters. The first-order valence-electron chi connectivity index (χ1n) is 1.51. The van der Waals surface area contributed by atoms with E-state index < -0.39 is 7.90 Å². The van der Waals surface area contributed by atoms with Crippen molar-refractivity contribution in [3.05, 3.63) is 0 Å². The number of rotatable bonds is 2. The van der Waals surface area contributed by atoms with Crippen molar-refractivity contribution in [3.63, 3.8) is 0 Å². The molecular formula is C2H7BrO2Si. The zero-order valence-corrected chi connectivity index (χ0v) is 6.51. The average Bonchev–Trinajstić information content (AvgIpc) is 1.65. The monoisotopic (exact) mass is 170 g/mol. The van der Waals surface area contributed by atoms with Gasteiger partial charge in [0.2, 0.25) is 0 Å². The van der Waals surface area contributed by atoms with E-state index in [1.54, 1.807) is 14.2 Å². The van der Waals surface area contributed by atoms with Gasteiger partial charge in [-0.25, -0.2) is 0 Å². The third-order valence-electron chi connectivity index (χ3n) is 0.371. The Hall–Kier alpha value is 0.617. The molecule has 0 aliphatic carbocycles. The van der Waals surface area contributed by atoms with E-state index in [1.807, 2.05) is 0 Å². The van der Waals surface area contributed by atoms with Crippen LogP contribution >= 0.6 is 15.3 Å². The van der Waals surface area contributed by atoms with Crippen molar-refractivity contribution in [2.24, 2.45) is 0 Å². The molecule has 0 saturated heterocycles. The molecule has 0 radical (unpaired) electrons. The lowest BCUT2D eigenvalue weighted by Crippen LogP contribution is -2.08. The second-order valence-corrected chi connectivity index (χ2v) is 4.48. The van der Waals surface area contributed by atoms with Crippen LogP contribution in [0, 0.1) is 0 Å². The molecule has 6 heavy (non-hydrogen) atoms. The molecule has 0 N–H and O–H groups in total. The second kappa shape index (κ2) is 3.79. The summed E-state index contributed by atoms with van der Waals surface area (Å²) >= 11 is 3.17. The van der Waals surface area contributed by atoms with Gasteiger partial charge in [-0.15, -0.1) is 0 Å². The van der Waals surface area contributed by atoms with Crippen LogP contribution in [0.5, 0.6) is 0 Å². The summed E-state index contributed by atoms with van der Waals surface area (Å²) in [5.74, 6) is 0. The van der Waals surface area contributed by atoms with E-state index in [1.165, 1.54) is 0 Å². The summed E-state index contributed by atoms with van der Waals surface area (Å²) in [5, 5.41) is 0. The minimum atomic E-state index is -1.35. The van der Waals surface area contributed by atoms with Crippen LogP contribution in [0.15, 0.2) is 0 Å². The van der Waals surface area contributed by atoms with E-state index in [0.717, 1.165) is 0 Å². The van der Waals surface area contributed by atoms with Gasteiger partial charge in [0.15, 0.2) is 0 Å². The Balaban J connectivity index is 2.75. The van der Waals surface area contributed by atoms with Crippen molar-refractivity contribution in [3.8, 4) is 0 Å². The minimum Gasteiger partial charge on any atom is -0.392 e. The van der Waals surface area contributed by atoms with Crippen molar-refractivity contribution >= 4 is 23.2 Å². The first-order chi connectivity index (χ1) is 2.81. The summed E-state index contributed by atoms with van der Waals surface area (Å²) in [6.45, 7) is 0. The van der Waals surface area contributed by atoms with Gasteiger partial charge >= 0.3 is 7.90 Å². The number of hydrogen-bond donors (Lipinski definition) is 0. The maximum atomic E-state index is 4.73. The highest BCUT2D eigenvalue weighted by Gasteiger charge is 1.97. The molecule has 0 aliphatic rings. The molecule has 0 atom stereocenters. The molecule has 0 amide bonds. The third-order valence-corrected chi connectivity index (χ3v) is 3.35. The van der Waals surface area contributed by atoms with E-state index in [9.17, 15) is 0 Å². The Morgan fingerprint density at radius 1 is 1.33 bits per heavy atom. The van der Waals surface area contributed by atoms with Crippen molar-refractivity contribution in [1.29, 1.82) is 0 Å². The van der Waals surface area contributed by atoms with Crippen LogP contribution in [0.4, 0.5) is 0 Å². The van der Waals surface area contributed by atoms with Gasteiger partial charge in [0.25, 0.3) is 0 Å². The maximum absolute atomic E-state index is 4.73. The Labute approximate surface area is 46.9 Å². The Morgan fingerprint density at radius 3 is 1.67 bits per heavy atom. The zero-order chi connectivity index (χ0) is 4.99. The van der Waals surface area contributed by atoms with Gasteiger partial charge in [-0.1, -0.05) is 15.3 Å². The Bertz CT molecular complexity index is 30.7. The SMILES string of the molecule is CO[SiH](Br)OC. The fourth-order valence-corrected chi connectivity index (χ4v) is 0.289. The van der Waals surface area contributed by atoms with Crippen LogP contribution in [0.2, 0.25) is 0 Å². The summed E-state index contributed by atoms with van der Waals surface area (Å²) in [4.78, 5) is 0. The third kappa shape index (κ3) is 2.83. The number of hydrogen-bond acceptors (Lipinski definition) is 2. The molecule has 2 nitrogen and oxygen atoms in total. The Morgan fingerprint density at radius 2 is 1.67 bits per heavy atom. The fraction of sp³-hybridized carbons (Fsp3) is 1.00. The molecule has 38 valence electrons. The van der Waals surface area contributed by atoms with Crippen LogP contribution in [-0.4, -0.2) is 22.1 Å². The smallest absolute Gasteiger partial charge is 0.392 e. The highest BCUT2D eigenvalue weighted by Crippen LogP contribution is 1.90. The lowest BCUT2D eigenvalue weighted by molar-refractivity contribution is 0.303. The van der Waals surface area contributed by atoms with Crippen molar-refractivity contribution < 1.29 is 8.85 Å². The highest BCUT2D eigenvalue weighted by molar-refractivity contribution is 9.24. The molecule has 0 aromatic carbocycles. The topological polar surface area (TPSA) is 18.5 Å². The molecule has 0 aromatic rings.